The number of aromatic hydroxyl groups is 1. The molecule has 1 heterocycles. The van der Waals surface area contributed by atoms with Crippen molar-refractivity contribution in [1.82, 2.24) is 9.78 Å². The molecule has 1 aliphatic rings. The number of para-hydroxylation sites is 1. The van der Waals surface area contributed by atoms with E-state index >= 15 is 0 Å². The van der Waals surface area contributed by atoms with Crippen LogP contribution in [-0.2, 0) is 6.42 Å². The Morgan fingerprint density at radius 3 is 2.48 bits per heavy atom. The average Bonchev–Trinajstić information content (AvgIpc) is 2.93. The number of phenols is 1. The van der Waals surface area contributed by atoms with Crippen molar-refractivity contribution in [2.45, 2.75) is 32.6 Å². The van der Waals surface area contributed by atoms with E-state index in [1.165, 1.54) is 5.56 Å². The first-order valence-corrected chi connectivity index (χ1v) is 8.51. The third-order valence-electron chi connectivity index (χ3n) is 4.96. The molecule has 1 N–H and O–H groups in total. The molecule has 0 aliphatic heterocycles. The topological polar surface area (TPSA) is 55.1 Å². The summed E-state index contributed by atoms with van der Waals surface area (Å²) in [6, 6.07) is 15.4. The molecule has 1 aliphatic carbocycles. The van der Waals surface area contributed by atoms with E-state index in [4.69, 9.17) is 0 Å². The Hall–Kier alpha value is -2.88. The lowest BCUT2D eigenvalue weighted by atomic mass is 9.81. The van der Waals surface area contributed by atoms with Gasteiger partial charge in [0.1, 0.15) is 5.75 Å². The standard InChI is InChI=1S/C21H20N2O2/c1-13-7-9-16(10-8-13)23-18-11-15(17-5-3-4-6-19(17)24)12-20(25)21(18)14(2)22-23/h3-10,15,24H,11-12H2,1-2H3/t15-/m0/s1. The summed E-state index contributed by atoms with van der Waals surface area (Å²) < 4.78 is 1.88. The number of phenolic OH excluding ortho intramolecular Hbond substituents is 1. The molecule has 4 heteroatoms. The number of hydrogen-bond donors (Lipinski definition) is 1. The zero-order valence-corrected chi connectivity index (χ0v) is 14.4. The second-order valence-electron chi connectivity index (χ2n) is 6.74. The Bertz CT molecular complexity index is 955. The quantitative estimate of drug-likeness (QED) is 0.768. The smallest absolute Gasteiger partial charge is 0.167 e. The van der Waals surface area contributed by atoms with Gasteiger partial charge in [0.25, 0.3) is 0 Å². The van der Waals surface area contributed by atoms with Gasteiger partial charge in [0, 0.05) is 12.3 Å². The van der Waals surface area contributed by atoms with Crippen molar-refractivity contribution in [3.63, 3.8) is 0 Å². The lowest BCUT2D eigenvalue weighted by molar-refractivity contribution is 0.0963. The third kappa shape index (κ3) is 2.64. The highest BCUT2D eigenvalue weighted by Crippen LogP contribution is 2.38. The summed E-state index contributed by atoms with van der Waals surface area (Å²) in [5, 5.41) is 14.8. The van der Waals surface area contributed by atoms with Crippen molar-refractivity contribution in [1.29, 1.82) is 0 Å². The number of benzene rings is 2. The molecular formula is C21H20N2O2. The molecule has 1 atom stereocenters. The Labute approximate surface area is 146 Å². The van der Waals surface area contributed by atoms with E-state index < -0.39 is 0 Å². The molecule has 3 aromatic rings. The molecule has 0 saturated carbocycles. The van der Waals surface area contributed by atoms with Crippen LogP contribution in [-0.4, -0.2) is 20.7 Å². The Balaban J connectivity index is 1.81. The number of Topliss-reactive ketones (excluding diaryl/α,β-unsaturated/α-hetero) is 1. The van der Waals surface area contributed by atoms with Crippen LogP contribution < -0.4 is 0 Å². The maximum absolute atomic E-state index is 12.8. The number of hydrogen-bond acceptors (Lipinski definition) is 3. The fourth-order valence-electron chi connectivity index (χ4n) is 3.71. The van der Waals surface area contributed by atoms with Gasteiger partial charge in [-0.1, -0.05) is 35.9 Å². The number of aromatic nitrogens is 2. The van der Waals surface area contributed by atoms with E-state index in [9.17, 15) is 9.90 Å². The van der Waals surface area contributed by atoms with Crippen LogP contribution in [0.5, 0.6) is 5.75 Å². The fraction of sp³-hybridized carbons (Fsp3) is 0.238. The first-order valence-electron chi connectivity index (χ1n) is 8.51. The van der Waals surface area contributed by atoms with Gasteiger partial charge >= 0.3 is 0 Å². The molecule has 0 spiro atoms. The molecular weight excluding hydrogens is 312 g/mol. The number of nitrogens with zero attached hydrogens (tertiary/aromatic N) is 2. The molecule has 0 fully saturated rings. The molecule has 0 saturated heterocycles. The second-order valence-corrected chi connectivity index (χ2v) is 6.74. The maximum atomic E-state index is 12.8. The molecule has 126 valence electrons. The van der Waals surface area contributed by atoms with E-state index in [0.717, 1.165) is 28.2 Å². The zero-order valence-electron chi connectivity index (χ0n) is 14.4. The van der Waals surface area contributed by atoms with Crippen LogP contribution >= 0.6 is 0 Å². The number of aryl methyl sites for hydroxylation is 2. The zero-order chi connectivity index (χ0) is 17.6. The summed E-state index contributed by atoms with van der Waals surface area (Å²) in [4.78, 5) is 12.8. The van der Waals surface area contributed by atoms with Crippen molar-refractivity contribution in [2.75, 3.05) is 0 Å². The second kappa shape index (κ2) is 5.88. The summed E-state index contributed by atoms with van der Waals surface area (Å²) in [6.07, 6.45) is 1.10. The lowest BCUT2D eigenvalue weighted by Gasteiger charge is -2.23. The number of carbonyl (C=O) groups excluding carboxylic acids is 1. The molecule has 0 radical (unpaired) electrons. The molecule has 0 bridgehead atoms. The van der Waals surface area contributed by atoms with Crippen LogP contribution in [0.25, 0.3) is 5.69 Å². The first kappa shape index (κ1) is 15.6. The maximum Gasteiger partial charge on any atom is 0.167 e. The van der Waals surface area contributed by atoms with E-state index in [-0.39, 0.29) is 17.5 Å². The van der Waals surface area contributed by atoms with Crippen molar-refractivity contribution >= 4 is 5.78 Å². The van der Waals surface area contributed by atoms with Gasteiger partial charge < -0.3 is 5.11 Å². The lowest BCUT2D eigenvalue weighted by Crippen LogP contribution is -2.20. The average molecular weight is 332 g/mol. The minimum Gasteiger partial charge on any atom is -0.508 e. The highest BCUT2D eigenvalue weighted by atomic mass is 16.3. The van der Waals surface area contributed by atoms with Gasteiger partial charge in [-0.2, -0.15) is 5.10 Å². The molecule has 0 amide bonds. The minimum absolute atomic E-state index is 0.0264. The molecule has 25 heavy (non-hydrogen) atoms. The molecule has 1 aromatic heterocycles. The first-order chi connectivity index (χ1) is 12.0. The van der Waals surface area contributed by atoms with Crippen molar-refractivity contribution in [2.24, 2.45) is 0 Å². The van der Waals surface area contributed by atoms with Gasteiger partial charge in [-0.3, -0.25) is 4.79 Å². The van der Waals surface area contributed by atoms with Crippen LogP contribution in [0, 0.1) is 13.8 Å². The summed E-state index contributed by atoms with van der Waals surface area (Å²) in [5.74, 6) is 0.328. The summed E-state index contributed by atoms with van der Waals surface area (Å²) in [6.45, 7) is 3.94. The van der Waals surface area contributed by atoms with Gasteiger partial charge in [-0.25, -0.2) is 4.68 Å². The number of rotatable bonds is 2. The predicted octanol–water partition coefficient (Wildman–Crippen LogP) is 4.11. The monoisotopic (exact) mass is 332 g/mol. The van der Waals surface area contributed by atoms with Gasteiger partial charge in [-0.05, 0) is 44.0 Å². The fourth-order valence-corrected chi connectivity index (χ4v) is 3.71. The Morgan fingerprint density at radius 1 is 1.04 bits per heavy atom. The van der Waals surface area contributed by atoms with Crippen LogP contribution in [0.4, 0.5) is 0 Å². The van der Waals surface area contributed by atoms with Gasteiger partial charge in [-0.15, -0.1) is 0 Å². The molecule has 4 nitrogen and oxygen atoms in total. The van der Waals surface area contributed by atoms with E-state index in [0.29, 0.717) is 12.8 Å². The molecule has 2 aromatic carbocycles. The highest BCUT2D eigenvalue weighted by Gasteiger charge is 2.33. The summed E-state index contributed by atoms with van der Waals surface area (Å²) in [5.41, 5.74) is 5.43. The normalized spacial score (nSPS) is 16.7. The van der Waals surface area contributed by atoms with Gasteiger partial charge in [0.2, 0.25) is 0 Å². The third-order valence-corrected chi connectivity index (χ3v) is 4.96. The van der Waals surface area contributed by atoms with E-state index in [2.05, 4.69) is 5.10 Å². The molecule has 4 rings (SSSR count). The summed E-state index contributed by atoms with van der Waals surface area (Å²) in [7, 11) is 0. The number of ketones is 1. The SMILES string of the molecule is Cc1ccc(-n2nc(C)c3c2C[C@H](c2ccccc2O)CC3=O)cc1. The van der Waals surface area contributed by atoms with Crippen LogP contribution in [0.2, 0.25) is 0 Å². The minimum atomic E-state index is -0.0264. The number of carbonyl (C=O) groups is 1. The van der Waals surface area contributed by atoms with Gasteiger partial charge in [0.05, 0.1) is 22.6 Å². The van der Waals surface area contributed by atoms with E-state index in [1.807, 2.05) is 54.9 Å². The van der Waals surface area contributed by atoms with Crippen LogP contribution in [0.3, 0.4) is 0 Å². The van der Waals surface area contributed by atoms with Crippen LogP contribution in [0.15, 0.2) is 48.5 Å². The van der Waals surface area contributed by atoms with Crippen LogP contribution in [0.1, 0.15) is 45.2 Å². The predicted molar refractivity (Wildman–Crippen MR) is 96.5 cm³/mol. The van der Waals surface area contributed by atoms with Crippen molar-refractivity contribution in [3.05, 3.63) is 76.6 Å². The van der Waals surface area contributed by atoms with E-state index in [1.54, 1.807) is 12.1 Å². The summed E-state index contributed by atoms with van der Waals surface area (Å²) >= 11 is 0. The molecule has 0 unspecified atom stereocenters. The Kier molecular flexibility index (Phi) is 3.68. The largest absolute Gasteiger partial charge is 0.508 e. The Morgan fingerprint density at radius 2 is 1.76 bits per heavy atom. The van der Waals surface area contributed by atoms with Crippen molar-refractivity contribution < 1.29 is 9.90 Å². The highest BCUT2D eigenvalue weighted by molar-refractivity contribution is 6.00. The van der Waals surface area contributed by atoms with Gasteiger partial charge in [0.15, 0.2) is 5.78 Å². The van der Waals surface area contributed by atoms with Crippen molar-refractivity contribution in [3.8, 4) is 11.4 Å². The number of fused-ring (bicyclic) bond motifs is 1.